The van der Waals surface area contributed by atoms with Gasteiger partial charge in [0.25, 0.3) is 0 Å². The van der Waals surface area contributed by atoms with Crippen LogP contribution in [0.4, 0.5) is 24.5 Å². The zero-order valence-corrected chi connectivity index (χ0v) is 9.14. The molecule has 2 N–H and O–H groups in total. The van der Waals surface area contributed by atoms with E-state index in [0.717, 1.165) is 6.07 Å². The minimum Gasteiger partial charge on any atom is -0.398 e. The summed E-state index contributed by atoms with van der Waals surface area (Å²) in [5, 5.41) is 0. The first-order chi connectivity index (χ1) is 7.80. The summed E-state index contributed by atoms with van der Waals surface area (Å²) in [5.41, 5.74) is 5.18. The van der Waals surface area contributed by atoms with Gasteiger partial charge in [0, 0.05) is 24.8 Å². The summed E-state index contributed by atoms with van der Waals surface area (Å²) in [5.74, 6) is -0.185. The highest BCUT2D eigenvalue weighted by molar-refractivity contribution is 5.96. The quantitative estimate of drug-likeness (QED) is 0.711. The lowest BCUT2D eigenvalue weighted by Gasteiger charge is -2.27. The molecule has 0 unspecified atom stereocenters. The number of hydrogen-bond donors (Lipinski definition) is 1. The van der Waals surface area contributed by atoms with Crippen molar-refractivity contribution < 1.29 is 18.0 Å². The molecule has 0 aromatic heterocycles. The number of nitrogen functional groups attached to an aromatic ring is 1. The Balaban J connectivity index is 2.58. The van der Waals surface area contributed by atoms with Gasteiger partial charge >= 0.3 is 6.18 Å². The molecule has 0 fully saturated rings. The van der Waals surface area contributed by atoms with Crippen LogP contribution in [0, 0.1) is 0 Å². The molecule has 0 radical (unpaired) electrons. The van der Waals surface area contributed by atoms with E-state index in [9.17, 15) is 18.0 Å². The van der Waals surface area contributed by atoms with Gasteiger partial charge in [0.05, 0.1) is 5.56 Å². The van der Waals surface area contributed by atoms with Crippen molar-refractivity contribution in [2.24, 2.45) is 0 Å². The maximum Gasteiger partial charge on any atom is 0.418 e. The molecule has 1 aliphatic heterocycles. The van der Waals surface area contributed by atoms with Crippen molar-refractivity contribution in [2.45, 2.75) is 19.0 Å². The smallest absolute Gasteiger partial charge is 0.398 e. The highest BCUT2D eigenvalue weighted by Gasteiger charge is 2.35. The average Bonchev–Trinajstić information content (AvgIpc) is 2.21. The predicted molar refractivity (Wildman–Crippen MR) is 57.6 cm³/mol. The summed E-state index contributed by atoms with van der Waals surface area (Å²) < 4.78 is 38.0. The highest BCUT2D eigenvalue weighted by atomic mass is 19.4. The fraction of sp³-hybridized carbons (Fsp3) is 0.364. The topological polar surface area (TPSA) is 46.3 Å². The van der Waals surface area contributed by atoms with Crippen molar-refractivity contribution in [1.29, 1.82) is 0 Å². The molecule has 92 valence electrons. The number of carbonyl (C=O) groups is 1. The molecule has 0 atom stereocenters. The molecular weight excluding hydrogens is 233 g/mol. The summed E-state index contributed by atoms with van der Waals surface area (Å²) in [6, 6.07) is 2.25. The third-order valence-electron chi connectivity index (χ3n) is 2.90. The van der Waals surface area contributed by atoms with E-state index in [1.807, 2.05) is 0 Å². The van der Waals surface area contributed by atoms with Crippen LogP contribution >= 0.6 is 0 Å². The van der Waals surface area contributed by atoms with E-state index in [1.165, 1.54) is 18.0 Å². The van der Waals surface area contributed by atoms with E-state index in [-0.39, 0.29) is 11.6 Å². The zero-order chi connectivity index (χ0) is 12.8. The first-order valence-corrected chi connectivity index (χ1v) is 5.07. The number of amides is 1. The predicted octanol–water partition coefficient (Wildman–Crippen LogP) is 2.20. The lowest BCUT2D eigenvalue weighted by molar-refractivity contribution is -0.137. The molecule has 1 heterocycles. The lowest BCUT2D eigenvalue weighted by atomic mass is 9.98. The summed E-state index contributed by atoms with van der Waals surface area (Å²) in [6.45, 7) is 0. The highest BCUT2D eigenvalue weighted by Crippen LogP contribution is 2.39. The van der Waals surface area contributed by atoms with Crippen LogP contribution in [0.1, 0.15) is 17.5 Å². The van der Waals surface area contributed by atoms with Gasteiger partial charge < -0.3 is 10.6 Å². The van der Waals surface area contributed by atoms with Crippen LogP contribution in [0.25, 0.3) is 0 Å². The van der Waals surface area contributed by atoms with E-state index < -0.39 is 11.7 Å². The zero-order valence-electron chi connectivity index (χ0n) is 9.14. The molecule has 1 aliphatic rings. The number of rotatable bonds is 0. The number of nitrogens with zero attached hydrogens (tertiary/aromatic N) is 1. The number of hydrogen-bond acceptors (Lipinski definition) is 2. The number of benzene rings is 1. The van der Waals surface area contributed by atoms with Gasteiger partial charge in [-0.05, 0) is 24.1 Å². The Kier molecular flexibility index (Phi) is 2.52. The number of fused-ring (bicyclic) bond motifs is 1. The molecule has 1 aromatic rings. The van der Waals surface area contributed by atoms with Gasteiger partial charge in [-0.15, -0.1) is 0 Å². The fourth-order valence-corrected chi connectivity index (χ4v) is 1.95. The molecule has 1 aromatic carbocycles. The molecule has 0 saturated heterocycles. The maximum absolute atomic E-state index is 12.7. The molecule has 1 amide bonds. The Morgan fingerprint density at radius 1 is 1.29 bits per heavy atom. The second-order valence-electron chi connectivity index (χ2n) is 4.02. The van der Waals surface area contributed by atoms with E-state index in [0.29, 0.717) is 24.1 Å². The second kappa shape index (κ2) is 3.65. The van der Waals surface area contributed by atoms with Crippen molar-refractivity contribution in [3.05, 3.63) is 23.3 Å². The maximum atomic E-state index is 12.7. The van der Waals surface area contributed by atoms with Gasteiger partial charge in [-0.25, -0.2) is 0 Å². The molecule has 0 spiro atoms. The second-order valence-corrected chi connectivity index (χ2v) is 4.02. The van der Waals surface area contributed by atoms with Crippen LogP contribution in [0.15, 0.2) is 12.1 Å². The standard InChI is InChI=1S/C11H11F3N2O/c1-16-9-5-7(11(12,13)14)8(15)4-6(9)2-3-10(16)17/h4-5H,2-3,15H2,1H3. The number of carbonyl (C=O) groups excluding carboxylic acids is 1. The summed E-state index contributed by atoms with van der Waals surface area (Å²) >= 11 is 0. The number of halogens is 3. The largest absolute Gasteiger partial charge is 0.418 e. The fourth-order valence-electron chi connectivity index (χ4n) is 1.95. The third kappa shape index (κ3) is 1.94. The van der Waals surface area contributed by atoms with E-state index in [2.05, 4.69) is 0 Å². The average molecular weight is 244 g/mol. The Bertz CT molecular complexity index is 482. The van der Waals surface area contributed by atoms with Crippen molar-refractivity contribution in [1.82, 2.24) is 0 Å². The first kappa shape index (κ1) is 11.8. The van der Waals surface area contributed by atoms with Crippen LogP contribution in [0.3, 0.4) is 0 Å². The molecule has 0 bridgehead atoms. The molecule has 3 nitrogen and oxygen atoms in total. The molecule has 6 heteroatoms. The normalized spacial score (nSPS) is 16.0. The number of alkyl halides is 3. The van der Waals surface area contributed by atoms with Crippen molar-refractivity contribution in [3.63, 3.8) is 0 Å². The van der Waals surface area contributed by atoms with Gasteiger partial charge in [0.1, 0.15) is 0 Å². The molecule has 2 rings (SSSR count). The van der Waals surface area contributed by atoms with Gasteiger partial charge in [-0.1, -0.05) is 0 Å². The summed E-state index contributed by atoms with van der Waals surface area (Å²) in [7, 11) is 1.47. The van der Waals surface area contributed by atoms with Gasteiger partial charge in [0.15, 0.2) is 0 Å². The van der Waals surface area contributed by atoms with Crippen molar-refractivity contribution in [2.75, 3.05) is 17.7 Å². The summed E-state index contributed by atoms with van der Waals surface area (Å²) in [6.07, 6.45) is -3.77. The van der Waals surface area contributed by atoms with E-state index in [1.54, 1.807) is 0 Å². The third-order valence-corrected chi connectivity index (χ3v) is 2.90. The Morgan fingerprint density at radius 2 is 1.94 bits per heavy atom. The van der Waals surface area contributed by atoms with Gasteiger partial charge in [0.2, 0.25) is 5.91 Å². The minimum atomic E-state index is -4.50. The molecule has 17 heavy (non-hydrogen) atoms. The summed E-state index contributed by atoms with van der Waals surface area (Å²) in [4.78, 5) is 12.7. The Morgan fingerprint density at radius 3 is 2.53 bits per heavy atom. The molecular formula is C11H11F3N2O. The SMILES string of the molecule is CN1C(=O)CCc2cc(N)c(C(F)(F)F)cc21. The van der Waals surface area contributed by atoms with Crippen LogP contribution in [0.5, 0.6) is 0 Å². The molecule has 0 aliphatic carbocycles. The molecule has 0 saturated carbocycles. The minimum absolute atomic E-state index is 0.185. The number of aryl methyl sites for hydroxylation is 1. The van der Waals surface area contributed by atoms with Crippen molar-refractivity contribution >= 4 is 17.3 Å². The Hall–Kier alpha value is -1.72. The van der Waals surface area contributed by atoms with Gasteiger partial charge in [-0.2, -0.15) is 13.2 Å². The lowest BCUT2D eigenvalue weighted by Crippen LogP contribution is -2.31. The monoisotopic (exact) mass is 244 g/mol. The van der Waals surface area contributed by atoms with E-state index in [4.69, 9.17) is 5.73 Å². The van der Waals surface area contributed by atoms with Crippen LogP contribution in [-0.4, -0.2) is 13.0 Å². The van der Waals surface area contributed by atoms with Crippen LogP contribution in [0.2, 0.25) is 0 Å². The number of anilines is 2. The first-order valence-electron chi connectivity index (χ1n) is 5.07. The van der Waals surface area contributed by atoms with Crippen LogP contribution < -0.4 is 10.6 Å². The number of nitrogens with two attached hydrogens (primary N) is 1. The van der Waals surface area contributed by atoms with E-state index >= 15 is 0 Å². The van der Waals surface area contributed by atoms with Crippen LogP contribution in [-0.2, 0) is 17.4 Å². The van der Waals surface area contributed by atoms with Crippen molar-refractivity contribution in [3.8, 4) is 0 Å². The Labute approximate surface area is 96.0 Å². The van der Waals surface area contributed by atoms with Gasteiger partial charge in [-0.3, -0.25) is 4.79 Å².